The number of morpholine rings is 1. The van der Waals surface area contributed by atoms with Crippen LogP contribution >= 0.6 is 0 Å². The minimum absolute atomic E-state index is 0.116. The average molecular weight is 261 g/mol. The zero-order chi connectivity index (χ0) is 14.0. The predicted octanol–water partition coefficient (Wildman–Crippen LogP) is 3.88. The predicted molar refractivity (Wildman–Crippen MR) is 80.2 cm³/mol. The minimum Gasteiger partial charge on any atom is -0.370 e. The van der Waals surface area contributed by atoms with Crippen molar-refractivity contribution in [2.24, 2.45) is 5.92 Å². The van der Waals surface area contributed by atoms with Crippen molar-refractivity contribution in [2.45, 2.75) is 51.8 Å². The number of hydrogen-bond donors (Lipinski definition) is 0. The molecule has 1 saturated heterocycles. The molecule has 0 spiro atoms. The molecule has 2 atom stereocenters. The normalized spacial score (nSPS) is 27.7. The minimum atomic E-state index is 0.116. The van der Waals surface area contributed by atoms with Gasteiger partial charge in [0.15, 0.2) is 0 Å². The van der Waals surface area contributed by atoms with Crippen LogP contribution in [0.4, 0.5) is 0 Å². The van der Waals surface area contributed by atoms with E-state index in [1.165, 1.54) is 12.0 Å². The fourth-order valence-electron chi connectivity index (χ4n) is 2.88. The highest BCUT2D eigenvalue weighted by Gasteiger charge is 2.40. The zero-order valence-electron chi connectivity index (χ0n) is 12.9. The van der Waals surface area contributed by atoms with Crippen LogP contribution in [0.1, 0.15) is 45.8 Å². The van der Waals surface area contributed by atoms with E-state index in [1.54, 1.807) is 0 Å². The van der Waals surface area contributed by atoms with Gasteiger partial charge in [-0.05, 0) is 38.8 Å². The highest BCUT2D eigenvalue weighted by molar-refractivity contribution is 5.20. The van der Waals surface area contributed by atoms with Crippen molar-refractivity contribution in [1.29, 1.82) is 0 Å². The van der Waals surface area contributed by atoms with Gasteiger partial charge < -0.3 is 4.74 Å². The van der Waals surface area contributed by atoms with Crippen molar-refractivity contribution >= 4 is 0 Å². The molecule has 0 aliphatic carbocycles. The Morgan fingerprint density at radius 1 is 1.26 bits per heavy atom. The number of nitrogens with zero attached hydrogens (tertiary/aromatic N) is 1. The SMILES string of the molecule is CC(C)C[C@H]1[C@H](c2ccccc2)OCC(C)(C)N1C. The highest BCUT2D eigenvalue weighted by Crippen LogP contribution is 2.37. The maximum Gasteiger partial charge on any atom is 0.0981 e. The van der Waals surface area contributed by atoms with Crippen LogP contribution in [0, 0.1) is 5.92 Å². The van der Waals surface area contributed by atoms with E-state index in [1.807, 2.05) is 0 Å². The first-order valence-corrected chi connectivity index (χ1v) is 7.31. The first kappa shape index (κ1) is 14.5. The third-order valence-electron chi connectivity index (χ3n) is 4.26. The lowest BCUT2D eigenvalue weighted by molar-refractivity contribution is -0.133. The van der Waals surface area contributed by atoms with Crippen molar-refractivity contribution in [1.82, 2.24) is 4.90 Å². The summed E-state index contributed by atoms with van der Waals surface area (Å²) in [6.45, 7) is 9.90. The van der Waals surface area contributed by atoms with Crippen LogP contribution < -0.4 is 0 Å². The van der Waals surface area contributed by atoms with Gasteiger partial charge in [0.2, 0.25) is 0 Å². The van der Waals surface area contributed by atoms with Crippen LogP contribution in [0.25, 0.3) is 0 Å². The molecule has 106 valence electrons. The van der Waals surface area contributed by atoms with Gasteiger partial charge in [-0.1, -0.05) is 44.2 Å². The summed E-state index contributed by atoms with van der Waals surface area (Å²) in [5, 5.41) is 0. The largest absolute Gasteiger partial charge is 0.370 e. The Labute approximate surface area is 117 Å². The first-order valence-electron chi connectivity index (χ1n) is 7.31. The first-order chi connectivity index (χ1) is 8.92. The van der Waals surface area contributed by atoms with E-state index in [4.69, 9.17) is 4.74 Å². The molecule has 1 aliphatic rings. The van der Waals surface area contributed by atoms with Gasteiger partial charge >= 0.3 is 0 Å². The van der Waals surface area contributed by atoms with Crippen molar-refractivity contribution in [3.05, 3.63) is 35.9 Å². The van der Waals surface area contributed by atoms with Gasteiger partial charge in [0.1, 0.15) is 0 Å². The molecule has 1 heterocycles. The summed E-state index contributed by atoms with van der Waals surface area (Å²) < 4.78 is 6.22. The van der Waals surface area contributed by atoms with Crippen molar-refractivity contribution in [3.8, 4) is 0 Å². The van der Waals surface area contributed by atoms with Crippen LogP contribution in [-0.4, -0.2) is 30.1 Å². The van der Waals surface area contributed by atoms with Crippen molar-refractivity contribution < 1.29 is 4.74 Å². The summed E-state index contributed by atoms with van der Waals surface area (Å²) in [6.07, 6.45) is 1.36. The summed E-state index contributed by atoms with van der Waals surface area (Å²) in [5.41, 5.74) is 1.42. The molecule has 2 rings (SSSR count). The van der Waals surface area contributed by atoms with Crippen LogP contribution in [0.2, 0.25) is 0 Å². The molecule has 1 fully saturated rings. The van der Waals surface area contributed by atoms with Crippen LogP contribution in [0.3, 0.4) is 0 Å². The van der Waals surface area contributed by atoms with Gasteiger partial charge in [0, 0.05) is 11.6 Å². The van der Waals surface area contributed by atoms with E-state index in [9.17, 15) is 0 Å². The standard InChI is InChI=1S/C17H27NO/c1-13(2)11-15-16(14-9-7-6-8-10-14)19-12-17(3,4)18(15)5/h6-10,13,15-16H,11-12H2,1-5H3/t15-,16-/m0/s1. The van der Waals surface area contributed by atoms with E-state index in [-0.39, 0.29) is 11.6 Å². The molecule has 0 bridgehead atoms. The molecule has 0 N–H and O–H groups in total. The third kappa shape index (κ3) is 3.18. The fraction of sp³-hybridized carbons (Fsp3) is 0.647. The van der Waals surface area contributed by atoms with Gasteiger partial charge in [-0.3, -0.25) is 4.90 Å². The Morgan fingerprint density at radius 2 is 1.89 bits per heavy atom. The van der Waals surface area contributed by atoms with Gasteiger partial charge in [-0.2, -0.15) is 0 Å². The maximum absolute atomic E-state index is 6.22. The fourth-order valence-corrected chi connectivity index (χ4v) is 2.88. The van der Waals surface area contributed by atoms with E-state index in [2.05, 4.69) is 70.0 Å². The lowest BCUT2D eigenvalue weighted by atomic mass is 9.88. The highest BCUT2D eigenvalue weighted by atomic mass is 16.5. The topological polar surface area (TPSA) is 12.5 Å². The Bertz CT molecular complexity index is 399. The molecule has 2 heteroatoms. The molecule has 0 unspecified atom stereocenters. The maximum atomic E-state index is 6.22. The van der Waals surface area contributed by atoms with Crippen LogP contribution in [0.5, 0.6) is 0 Å². The molecule has 0 aromatic heterocycles. The molecule has 0 saturated carbocycles. The van der Waals surface area contributed by atoms with E-state index in [0.29, 0.717) is 12.0 Å². The third-order valence-corrected chi connectivity index (χ3v) is 4.26. The zero-order valence-corrected chi connectivity index (χ0v) is 12.9. The molecule has 1 aromatic carbocycles. The quantitative estimate of drug-likeness (QED) is 0.818. The smallest absolute Gasteiger partial charge is 0.0981 e. The summed E-state index contributed by atoms with van der Waals surface area (Å²) in [5.74, 6) is 0.677. The Morgan fingerprint density at radius 3 is 2.47 bits per heavy atom. The molecule has 1 aliphatic heterocycles. The van der Waals surface area contributed by atoms with E-state index >= 15 is 0 Å². The molecule has 1 aromatic rings. The second-order valence-electron chi connectivity index (χ2n) is 6.76. The molecule has 2 nitrogen and oxygen atoms in total. The van der Waals surface area contributed by atoms with Gasteiger partial charge in [0.25, 0.3) is 0 Å². The number of ether oxygens (including phenoxy) is 1. The lowest BCUT2D eigenvalue weighted by Gasteiger charge is -2.50. The summed E-state index contributed by atoms with van der Waals surface area (Å²) in [6, 6.07) is 11.1. The van der Waals surface area contributed by atoms with E-state index < -0.39 is 0 Å². The summed E-state index contributed by atoms with van der Waals surface area (Å²) >= 11 is 0. The molecule has 19 heavy (non-hydrogen) atoms. The Kier molecular flexibility index (Phi) is 4.32. The van der Waals surface area contributed by atoms with Crippen molar-refractivity contribution in [3.63, 3.8) is 0 Å². The summed E-state index contributed by atoms with van der Waals surface area (Å²) in [4.78, 5) is 2.51. The number of likely N-dealkylation sites (N-methyl/N-ethyl adjacent to an activating group) is 1. The molecular formula is C17H27NO. The Balaban J connectivity index is 2.26. The van der Waals surface area contributed by atoms with Crippen LogP contribution in [0.15, 0.2) is 30.3 Å². The number of rotatable bonds is 3. The van der Waals surface area contributed by atoms with Gasteiger partial charge in [-0.25, -0.2) is 0 Å². The Hall–Kier alpha value is -0.860. The molecule has 0 radical (unpaired) electrons. The van der Waals surface area contributed by atoms with Crippen LogP contribution in [-0.2, 0) is 4.74 Å². The second kappa shape index (κ2) is 5.64. The number of benzene rings is 1. The van der Waals surface area contributed by atoms with E-state index in [0.717, 1.165) is 6.61 Å². The monoisotopic (exact) mass is 261 g/mol. The lowest BCUT2D eigenvalue weighted by Crippen LogP contribution is -2.57. The van der Waals surface area contributed by atoms with Gasteiger partial charge in [0.05, 0.1) is 12.7 Å². The molecular weight excluding hydrogens is 234 g/mol. The summed E-state index contributed by atoms with van der Waals surface area (Å²) in [7, 11) is 2.24. The second-order valence-corrected chi connectivity index (χ2v) is 6.76. The number of hydrogen-bond acceptors (Lipinski definition) is 2. The molecule has 0 amide bonds. The van der Waals surface area contributed by atoms with Gasteiger partial charge in [-0.15, -0.1) is 0 Å². The average Bonchev–Trinajstić information content (AvgIpc) is 2.36. The van der Waals surface area contributed by atoms with Crippen molar-refractivity contribution in [2.75, 3.05) is 13.7 Å².